The molecule has 0 aromatic heterocycles. The van der Waals surface area contributed by atoms with Crippen molar-refractivity contribution in [2.24, 2.45) is 0 Å². The number of carbonyl (C=O) groups is 5. The maximum Gasteiger partial charge on any atom is 0.367 e. The van der Waals surface area contributed by atoms with E-state index in [0.717, 1.165) is 0 Å². The minimum absolute atomic E-state index is 0.195. The summed E-state index contributed by atoms with van der Waals surface area (Å²) in [5.74, 6) is -3.24. The zero-order chi connectivity index (χ0) is 16.3. The van der Waals surface area contributed by atoms with Gasteiger partial charge in [-0.15, -0.1) is 0 Å². The largest absolute Gasteiger partial charge is 0.480 e. The van der Waals surface area contributed by atoms with E-state index in [1.54, 1.807) is 0 Å². The molecule has 0 heterocycles. The van der Waals surface area contributed by atoms with E-state index in [1.165, 1.54) is 7.11 Å². The van der Waals surface area contributed by atoms with Crippen molar-refractivity contribution in [3.05, 3.63) is 0 Å². The number of methoxy groups -OCH3 is 1. The van der Waals surface area contributed by atoms with Gasteiger partial charge in [-0.2, -0.15) is 0 Å². The van der Waals surface area contributed by atoms with Crippen LogP contribution in [0.4, 0.5) is 4.79 Å². The Hall–Kier alpha value is -2.30. The lowest BCUT2D eigenvalue weighted by molar-refractivity contribution is -0.137. The molecule has 0 aromatic carbocycles. The normalized spacial score (nSPS) is 9.38. The Morgan fingerprint density at radius 1 is 0.905 bits per heavy atom. The summed E-state index contributed by atoms with van der Waals surface area (Å²) in [4.78, 5) is 54.5. The maximum absolute atomic E-state index is 11.3. The molecule has 0 aliphatic carbocycles. The predicted octanol–water partition coefficient (Wildman–Crippen LogP) is -2.08. The number of amides is 3. The lowest BCUT2D eigenvalue weighted by Crippen LogP contribution is -2.43. The Balaban J connectivity index is 3.75. The molecule has 0 bridgehead atoms. The van der Waals surface area contributed by atoms with E-state index in [-0.39, 0.29) is 12.3 Å². The third-order valence-electron chi connectivity index (χ3n) is 1.82. The van der Waals surface area contributed by atoms with E-state index < -0.39 is 42.1 Å². The number of hydrogen-bond acceptors (Lipinski definition) is 7. The zero-order valence-electron chi connectivity index (χ0n) is 11.1. The number of carboxylic acids is 1. The first-order valence-electron chi connectivity index (χ1n) is 5.57. The molecule has 21 heavy (non-hydrogen) atoms. The summed E-state index contributed by atoms with van der Waals surface area (Å²) in [6, 6.07) is 0. The molecule has 4 N–H and O–H groups in total. The van der Waals surface area contributed by atoms with Crippen LogP contribution in [0.25, 0.3) is 0 Å². The molecular weight excluding hydrogens is 306 g/mol. The van der Waals surface area contributed by atoms with Crippen LogP contribution in [0.2, 0.25) is 0 Å². The van der Waals surface area contributed by atoms with Crippen LogP contribution in [0.3, 0.4) is 0 Å². The van der Waals surface area contributed by atoms with Crippen LogP contribution in [0.5, 0.6) is 0 Å². The molecular formula is C10H15N3O7S. The third kappa shape index (κ3) is 11.2. The van der Waals surface area contributed by atoms with Gasteiger partial charge in [0.25, 0.3) is 0 Å². The van der Waals surface area contributed by atoms with Gasteiger partial charge < -0.3 is 25.8 Å². The number of nitrogens with one attached hydrogen (secondary N) is 3. The number of rotatable bonds is 8. The summed E-state index contributed by atoms with van der Waals surface area (Å²) in [7, 11) is 1.18. The highest BCUT2D eigenvalue weighted by atomic mass is 32.2. The van der Waals surface area contributed by atoms with Gasteiger partial charge in [-0.1, -0.05) is 0 Å². The van der Waals surface area contributed by atoms with Crippen LogP contribution in [-0.4, -0.2) is 66.6 Å². The molecule has 0 aliphatic rings. The van der Waals surface area contributed by atoms with Crippen LogP contribution in [0.15, 0.2) is 0 Å². The molecule has 0 saturated heterocycles. The van der Waals surface area contributed by atoms with E-state index >= 15 is 0 Å². The van der Waals surface area contributed by atoms with Crippen molar-refractivity contribution >= 4 is 40.8 Å². The van der Waals surface area contributed by atoms with Gasteiger partial charge in [-0.25, -0.2) is 4.79 Å². The fourth-order valence-electron chi connectivity index (χ4n) is 0.891. The lowest BCUT2D eigenvalue weighted by atomic mass is 10.5. The molecule has 0 fully saturated rings. The van der Waals surface area contributed by atoms with Gasteiger partial charge in [0.15, 0.2) is 0 Å². The number of aliphatic carboxylic acids is 1. The lowest BCUT2D eigenvalue weighted by Gasteiger charge is -2.06. The molecule has 11 heteroatoms. The summed E-state index contributed by atoms with van der Waals surface area (Å²) in [6.07, 6.45) is 0. The van der Waals surface area contributed by atoms with Gasteiger partial charge in [-0.05, 0) is 11.8 Å². The fraction of sp³-hybridized carbons (Fsp3) is 0.500. The van der Waals surface area contributed by atoms with Crippen molar-refractivity contribution in [3.63, 3.8) is 0 Å². The van der Waals surface area contributed by atoms with E-state index in [1.807, 2.05) is 5.32 Å². The Bertz CT molecular complexity index is 427. The summed E-state index contributed by atoms with van der Waals surface area (Å²) < 4.78 is 4.31. The van der Waals surface area contributed by atoms with E-state index in [2.05, 4.69) is 15.4 Å². The molecule has 0 saturated carbocycles. The maximum atomic E-state index is 11.3. The molecule has 118 valence electrons. The van der Waals surface area contributed by atoms with Gasteiger partial charge in [0.2, 0.25) is 17.7 Å². The van der Waals surface area contributed by atoms with Gasteiger partial charge in [0.05, 0.1) is 26.0 Å². The van der Waals surface area contributed by atoms with E-state index in [4.69, 9.17) is 5.11 Å². The molecule has 3 amide bonds. The van der Waals surface area contributed by atoms with Crippen LogP contribution < -0.4 is 16.0 Å². The Labute approximate surface area is 124 Å². The van der Waals surface area contributed by atoms with Crippen LogP contribution in [-0.2, 0) is 23.9 Å². The van der Waals surface area contributed by atoms with Gasteiger partial charge >= 0.3 is 11.3 Å². The minimum Gasteiger partial charge on any atom is -0.480 e. The van der Waals surface area contributed by atoms with Crippen molar-refractivity contribution in [2.45, 2.75) is 0 Å². The SMILES string of the molecule is COC(=O)SCC(=O)NCC(=O)NCC(=O)NCC(=O)O. The Morgan fingerprint density at radius 2 is 1.38 bits per heavy atom. The van der Waals surface area contributed by atoms with E-state index in [9.17, 15) is 24.0 Å². The van der Waals surface area contributed by atoms with E-state index in [0.29, 0.717) is 11.8 Å². The van der Waals surface area contributed by atoms with Crippen molar-refractivity contribution in [1.82, 2.24) is 16.0 Å². The number of carboxylic acid groups (broad SMARTS) is 1. The summed E-state index contributed by atoms with van der Waals surface area (Å²) in [6.45, 7) is -1.32. The third-order valence-corrected chi connectivity index (χ3v) is 2.63. The molecule has 0 atom stereocenters. The second-order valence-corrected chi connectivity index (χ2v) is 4.38. The Kier molecular flexibility index (Phi) is 9.33. The molecule has 0 rings (SSSR count). The van der Waals surface area contributed by atoms with Crippen molar-refractivity contribution < 1.29 is 33.8 Å². The summed E-state index contributed by atoms with van der Waals surface area (Å²) in [5.41, 5.74) is 0. The molecule has 0 spiro atoms. The van der Waals surface area contributed by atoms with Gasteiger partial charge in [0, 0.05) is 0 Å². The molecule has 0 radical (unpaired) electrons. The van der Waals surface area contributed by atoms with Gasteiger partial charge in [0.1, 0.15) is 6.54 Å². The molecule has 0 unspecified atom stereocenters. The highest BCUT2D eigenvalue weighted by Gasteiger charge is 2.10. The zero-order valence-corrected chi connectivity index (χ0v) is 11.9. The first-order chi connectivity index (χ1) is 9.85. The Morgan fingerprint density at radius 3 is 1.86 bits per heavy atom. The number of hydrogen-bond donors (Lipinski definition) is 4. The van der Waals surface area contributed by atoms with Crippen LogP contribution >= 0.6 is 11.8 Å². The highest BCUT2D eigenvalue weighted by Crippen LogP contribution is 2.02. The average Bonchev–Trinajstić information content (AvgIpc) is 2.45. The second-order valence-electron chi connectivity index (χ2n) is 3.47. The van der Waals surface area contributed by atoms with Crippen molar-refractivity contribution in [1.29, 1.82) is 0 Å². The van der Waals surface area contributed by atoms with Crippen LogP contribution in [0, 0.1) is 0 Å². The fourth-order valence-corrected chi connectivity index (χ4v) is 1.36. The first kappa shape index (κ1) is 18.7. The smallest absolute Gasteiger partial charge is 0.367 e. The average molecular weight is 321 g/mol. The molecule has 10 nitrogen and oxygen atoms in total. The van der Waals surface area contributed by atoms with Crippen molar-refractivity contribution in [2.75, 3.05) is 32.5 Å². The molecule has 0 aromatic rings. The van der Waals surface area contributed by atoms with Crippen molar-refractivity contribution in [3.8, 4) is 0 Å². The predicted molar refractivity (Wildman–Crippen MR) is 71.5 cm³/mol. The standard InChI is InChI=1S/C10H15N3O7S/c1-20-10(19)21-5-8(16)12-3-6(14)11-2-7(15)13-4-9(17)18/h2-5H2,1H3,(H,11,14)(H,12,16)(H,13,15)(H,17,18). The second kappa shape index (κ2) is 10.5. The summed E-state index contributed by atoms with van der Waals surface area (Å²) >= 11 is 0.639. The minimum atomic E-state index is -1.20. The summed E-state index contributed by atoms with van der Waals surface area (Å²) in [5, 5.41) is 14.1. The highest BCUT2D eigenvalue weighted by molar-refractivity contribution is 8.13. The van der Waals surface area contributed by atoms with Gasteiger partial charge in [-0.3, -0.25) is 19.2 Å². The van der Waals surface area contributed by atoms with Crippen LogP contribution in [0.1, 0.15) is 0 Å². The topological polar surface area (TPSA) is 151 Å². The quantitative estimate of drug-likeness (QED) is 0.372. The first-order valence-corrected chi connectivity index (χ1v) is 6.56. The number of carbonyl (C=O) groups excluding carboxylic acids is 4. The number of thioether (sulfide) groups is 1. The number of ether oxygens (including phenoxy) is 1. The monoisotopic (exact) mass is 321 g/mol. The molecule has 0 aliphatic heterocycles.